The van der Waals surface area contributed by atoms with Crippen LogP contribution >= 0.6 is 0 Å². The number of sulfonamides is 1. The lowest BCUT2D eigenvalue weighted by molar-refractivity contribution is -0.0252. The summed E-state index contributed by atoms with van der Waals surface area (Å²) >= 11 is 0. The Bertz CT molecular complexity index is 1200. The zero-order valence-electron chi connectivity index (χ0n) is 19.1. The van der Waals surface area contributed by atoms with Crippen molar-refractivity contribution in [3.63, 3.8) is 0 Å². The van der Waals surface area contributed by atoms with Gasteiger partial charge in [0.1, 0.15) is 12.7 Å². The number of rotatable bonds is 8. The fraction of sp³-hybridized carbons (Fsp3) is 0.435. The van der Waals surface area contributed by atoms with Crippen molar-refractivity contribution in [2.45, 2.75) is 20.0 Å². The summed E-state index contributed by atoms with van der Waals surface area (Å²) in [5, 5.41) is 0. The van der Waals surface area contributed by atoms with Crippen LogP contribution in [0, 0.1) is 0 Å². The average Bonchev–Trinajstić information content (AvgIpc) is 2.83. The van der Waals surface area contributed by atoms with Crippen LogP contribution < -0.4 is 9.64 Å². The molecule has 0 bridgehead atoms. The fourth-order valence-corrected chi connectivity index (χ4v) is 4.73. The molecule has 0 spiro atoms. The Morgan fingerprint density at radius 1 is 1.15 bits per heavy atom. The molecule has 9 nitrogen and oxygen atoms in total. The Labute approximate surface area is 194 Å². The van der Waals surface area contributed by atoms with Crippen molar-refractivity contribution < 1.29 is 17.9 Å². The summed E-state index contributed by atoms with van der Waals surface area (Å²) in [4.78, 5) is 15.8. The highest BCUT2D eigenvalue weighted by Gasteiger charge is 2.27. The van der Waals surface area contributed by atoms with E-state index in [1.54, 1.807) is 12.4 Å². The van der Waals surface area contributed by atoms with Gasteiger partial charge in [-0.05, 0) is 32.0 Å². The first-order valence-electron chi connectivity index (χ1n) is 11.1. The van der Waals surface area contributed by atoms with E-state index in [1.807, 2.05) is 18.2 Å². The number of pyridine rings is 1. The highest BCUT2D eigenvalue weighted by Crippen LogP contribution is 2.28. The molecule has 0 radical (unpaired) electrons. The molecular formula is C23H29N5O4S. The molecule has 10 heteroatoms. The first-order valence-corrected chi connectivity index (χ1v) is 12.9. The van der Waals surface area contributed by atoms with Crippen LogP contribution in [0.2, 0.25) is 0 Å². The zero-order chi connectivity index (χ0) is 23.4. The van der Waals surface area contributed by atoms with E-state index in [4.69, 9.17) is 14.5 Å². The second-order valence-electron chi connectivity index (χ2n) is 7.88. The Kier molecular flexibility index (Phi) is 7.06. The topological polar surface area (TPSA) is 97.8 Å². The summed E-state index contributed by atoms with van der Waals surface area (Å²) in [5.74, 6) is 0.350. The third kappa shape index (κ3) is 5.40. The molecule has 3 heterocycles. The first-order chi connectivity index (χ1) is 15.9. The van der Waals surface area contributed by atoms with Gasteiger partial charge in [0, 0.05) is 49.8 Å². The van der Waals surface area contributed by atoms with Crippen LogP contribution in [0.1, 0.15) is 13.8 Å². The van der Waals surface area contributed by atoms with Crippen molar-refractivity contribution in [3.05, 3.63) is 42.7 Å². The van der Waals surface area contributed by atoms with Crippen LogP contribution in [-0.2, 0) is 14.8 Å². The molecule has 33 heavy (non-hydrogen) atoms. The van der Waals surface area contributed by atoms with E-state index in [9.17, 15) is 8.42 Å². The van der Waals surface area contributed by atoms with Gasteiger partial charge in [0.25, 0.3) is 0 Å². The number of benzene rings is 1. The highest BCUT2D eigenvalue weighted by molar-refractivity contribution is 7.88. The molecule has 0 aliphatic carbocycles. The predicted molar refractivity (Wildman–Crippen MR) is 128 cm³/mol. The van der Waals surface area contributed by atoms with Gasteiger partial charge in [0.2, 0.25) is 15.9 Å². The van der Waals surface area contributed by atoms with E-state index in [0.29, 0.717) is 30.1 Å². The van der Waals surface area contributed by atoms with Crippen molar-refractivity contribution in [1.82, 2.24) is 19.3 Å². The Balaban J connectivity index is 1.58. The van der Waals surface area contributed by atoms with Gasteiger partial charge >= 0.3 is 0 Å². The van der Waals surface area contributed by atoms with Gasteiger partial charge in [-0.25, -0.2) is 18.4 Å². The molecule has 1 saturated heterocycles. The van der Waals surface area contributed by atoms with Crippen LogP contribution in [0.5, 0.6) is 5.88 Å². The SMILES string of the molecule is CCN(CC)c1ccc(-c2cc3nccnc3c(OCC3CN(S(C)(=O)=O)CCO3)n2)cc1. The number of fused-ring (bicyclic) bond motifs is 1. The molecular weight excluding hydrogens is 442 g/mol. The normalized spacial score (nSPS) is 17.2. The van der Waals surface area contributed by atoms with E-state index in [2.05, 4.69) is 40.8 Å². The molecule has 1 aliphatic rings. The molecule has 0 amide bonds. The van der Waals surface area contributed by atoms with E-state index in [1.165, 1.54) is 10.6 Å². The second kappa shape index (κ2) is 9.98. The number of anilines is 1. The van der Waals surface area contributed by atoms with Crippen LogP contribution in [0.3, 0.4) is 0 Å². The second-order valence-corrected chi connectivity index (χ2v) is 9.86. The number of hydrogen-bond acceptors (Lipinski definition) is 8. The number of morpholine rings is 1. The minimum atomic E-state index is -3.28. The summed E-state index contributed by atoms with van der Waals surface area (Å²) in [6, 6.07) is 10.1. The Morgan fingerprint density at radius 2 is 1.88 bits per heavy atom. The van der Waals surface area contributed by atoms with Gasteiger partial charge in [0.05, 0.1) is 24.1 Å². The Morgan fingerprint density at radius 3 is 2.58 bits per heavy atom. The maximum atomic E-state index is 11.9. The maximum absolute atomic E-state index is 11.9. The van der Waals surface area contributed by atoms with Crippen molar-refractivity contribution in [2.75, 3.05) is 50.5 Å². The highest BCUT2D eigenvalue weighted by atomic mass is 32.2. The van der Waals surface area contributed by atoms with Crippen LogP contribution in [-0.4, -0.2) is 79.4 Å². The molecule has 176 valence electrons. The maximum Gasteiger partial charge on any atom is 0.242 e. The third-order valence-corrected chi connectivity index (χ3v) is 6.96. The molecule has 1 atom stereocenters. The van der Waals surface area contributed by atoms with Crippen molar-refractivity contribution in [1.29, 1.82) is 0 Å². The van der Waals surface area contributed by atoms with Crippen molar-refractivity contribution >= 4 is 26.7 Å². The minimum absolute atomic E-state index is 0.162. The van der Waals surface area contributed by atoms with E-state index in [0.717, 1.165) is 30.0 Å². The zero-order valence-corrected chi connectivity index (χ0v) is 20.0. The molecule has 0 N–H and O–H groups in total. The number of nitrogens with zero attached hydrogens (tertiary/aromatic N) is 5. The third-order valence-electron chi connectivity index (χ3n) is 5.69. The molecule has 1 aromatic carbocycles. The standard InChI is InChI=1S/C23H29N5O4S/c1-4-27(5-2)18-8-6-17(7-9-18)20-14-21-22(25-11-10-24-21)23(26-20)32-16-19-15-28(12-13-31-19)33(3,29)30/h6-11,14,19H,4-5,12-13,15-16H2,1-3H3. The molecule has 1 fully saturated rings. The average molecular weight is 472 g/mol. The molecule has 0 saturated carbocycles. The smallest absolute Gasteiger partial charge is 0.242 e. The monoisotopic (exact) mass is 471 g/mol. The lowest BCUT2D eigenvalue weighted by Crippen LogP contribution is -2.47. The van der Waals surface area contributed by atoms with Gasteiger partial charge in [-0.15, -0.1) is 0 Å². The van der Waals surface area contributed by atoms with E-state index in [-0.39, 0.29) is 19.3 Å². The largest absolute Gasteiger partial charge is 0.473 e. The quantitative estimate of drug-likeness (QED) is 0.494. The van der Waals surface area contributed by atoms with E-state index < -0.39 is 10.0 Å². The summed E-state index contributed by atoms with van der Waals surface area (Å²) in [6.45, 7) is 7.24. The molecule has 1 unspecified atom stereocenters. The number of hydrogen-bond donors (Lipinski definition) is 0. The van der Waals surface area contributed by atoms with Gasteiger partial charge < -0.3 is 14.4 Å². The lowest BCUT2D eigenvalue weighted by atomic mass is 10.1. The van der Waals surface area contributed by atoms with Gasteiger partial charge in [-0.2, -0.15) is 4.31 Å². The minimum Gasteiger partial charge on any atom is -0.473 e. The van der Waals surface area contributed by atoms with Crippen LogP contribution in [0.4, 0.5) is 5.69 Å². The first kappa shape index (κ1) is 23.3. The van der Waals surface area contributed by atoms with Crippen LogP contribution in [0.15, 0.2) is 42.7 Å². The predicted octanol–water partition coefficient (Wildman–Crippen LogP) is 2.58. The van der Waals surface area contributed by atoms with Gasteiger partial charge in [-0.3, -0.25) is 4.98 Å². The summed E-state index contributed by atoms with van der Waals surface area (Å²) in [6.07, 6.45) is 4.04. The van der Waals surface area contributed by atoms with Gasteiger partial charge in [0.15, 0.2) is 5.52 Å². The Hall–Kier alpha value is -2.82. The summed E-state index contributed by atoms with van der Waals surface area (Å²) in [7, 11) is -3.28. The number of ether oxygens (including phenoxy) is 2. The van der Waals surface area contributed by atoms with Crippen molar-refractivity contribution in [3.8, 4) is 17.1 Å². The van der Waals surface area contributed by atoms with E-state index >= 15 is 0 Å². The summed E-state index contributed by atoms with van der Waals surface area (Å²) in [5.41, 5.74) is 4.06. The number of aromatic nitrogens is 3. The molecule has 1 aliphatic heterocycles. The lowest BCUT2D eigenvalue weighted by Gasteiger charge is -2.30. The summed E-state index contributed by atoms with van der Waals surface area (Å²) < 4.78 is 36.9. The molecule has 3 aromatic rings. The van der Waals surface area contributed by atoms with Crippen molar-refractivity contribution in [2.24, 2.45) is 0 Å². The molecule has 2 aromatic heterocycles. The fourth-order valence-electron chi connectivity index (χ4n) is 3.89. The van der Waals surface area contributed by atoms with Gasteiger partial charge in [-0.1, -0.05) is 12.1 Å². The van der Waals surface area contributed by atoms with Crippen LogP contribution in [0.25, 0.3) is 22.3 Å². The molecule has 4 rings (SSSR count).